The molecule has 1 heterocycles. The van der Waals surface area contributed by atoms with Gasteiger partial charge in [-0.15, -0.1) is 0 Å². The summed E-state index contributed by atoms with van der Waals surface area (Å²) in [7, 11) is 1.42. The number of ether oxygens (including phenoxy) is 1. The first kappa shape index (κ1) is 12.6. The summed E-state index contributed by atoms with van der Waals surface area (Å²) in [5.74, 6) is -0.232. The van der Waals surface area contributed by atoms with Crippen molar-refractivity contribution in [3.63, 3.8) is 0 Å². The van der Waals surface area contributed by atoms with E-state index in [1.165, 1.54) is 31.4 Å². The number of hydrogen-bond acceptors (Lipinski definition) is 5. The third-order valence-electron chi connectivity index (χ3n) is 2.45. The molecular formula is C11H9N3O5. The topological polar surface area (TPSA) is 111 Å². The number of nitrogens with one attached hydrogen (secondary N) is 2. The Bertz CT molecular complexity index is 608. The summed E-state index contributed by atoms with van der Waals surface area (Å²) in [5.41, 5.74) is -0.0831. The van der Waals surface area contributed by atoms with Gasteiger partial charge in [-0.1, -0.05) is 0 Å². The molecule has 0 unspecified atom stereocenters. The van der Waals surface area contributed by atoms with Crippen molar-refractivity contribution >= 4 is 23.7 Å². The maximum atomic E-state index is 11.4. The first-order chi connectivity index (χ1) is 9.01. The summed E-state index contributed by atoms with van der Waals surface area (Å²) in [4.78, 5) is 32.6. The van der Waals surface area contributed by atoms with Crippen molar-refractivity contribution in [2.45, 2.75) is 0 Å². The summed E-state index contributed by atoms with van der Waals surface area (Å²) >= 11 is 0. The largest absolute Gasteiger partial charge is 0.497 e. The van der Waals surface area contributed by atoms with E-state index < -0.39 is 16.9 Å². The molecule has 0 bridgehead atoms. The third-order valence-corrected chi connectivity index (χ3v) is 2.45. The van der Waals surface area contributed by atoms with Gasteiger partial charge in [0.15, 0.2) is 0 Å². The van der Waals surface area contributed by atoms with E-state index in [1.807, 2.05) is 5.32 Å². The van der Waals surface area contributed by atoms with E-state index in [4.69, 9.17) is 4.74 Å². The zero-order valence-corrected chi connectivity index (χ0v) is 9.80. The van der Waals surface area contributed by atoms with Crippen molar-refractivity contribution in [3.05, 3.63) is 39.6 Å². The van der Waals surface area contributed by atoms with Crippen molar-refractivity contribution in [2.75, 3.05) is 7.11 Å². The van der Waals surface area contributed by atoms with Gasteiger partial charge >= 0.3 is 6.03 Å². The Hall–Kier alpha value is -2.90. The first-order valence-electron chi connectivity index (χ1n) is 5.17. The molecule has 1 aromatic carbocycles. The van der Waals surface area contributed by atoms with Crippen molar-refractivity contribution < 1.29 is 19.2 Å². The van der Waals surface area contributed by atoms with Gasteiger partial charge in [-0.3, -0.25) is 20.2 Å². The number of carbonyl (C=O) groups is 2. The van der Waals surface area contributed by atoms with E-state index in [0.29, 0.717) is 5.75 Å². The van der Waals surface area contributed by atoms with Crippen LogP contribution in [0.1, 0.15) is 5.56 Å². The fourth-order valence-electron chi connectivity index (χ4n) is 1.58. The molecule has 0 aliphatic carbocycles. The number of carbonyl (C=O) groups excluding carboxylic acids is 2. The number of hydrogen-bond donors (Lipinski definition) is 2. The number of urea groups is 1. The van der Waals surface area contributed by atoms with Gasteiger partial charge < -0.3 is 10.1 Å². The molecule has 2 rings (SSSR count). The van der Waals surface area contributed by atoms with E-state index in [0.717, 1.165) is 0 Å². The van der Waals surface area contributed by atoms with E-state index in [1.54, 1.807) is 0 Å². The lowest BCUT2D eigenvalue weighted by Crippen LogP contribution is -2.22. The van der Waals surface area contributed by atoms with Crippen LogP contribution in [0.4, 0.5) is 10.5 Å². The molecule has 1 aliphatic heterocycles. The lowest BCUT2D eigenvalue weighted by atomic mass is 10.1. The van der Waals surface area contributed by atoms with Gasteiger partial charge in [0.2, 0.25) is 0 Å². The number of nitrogens with zero attached hydrogens (tertiary/aromatic N) is 1. The van der Waals surface area contributed by atoms with Crippen LogP contribution in [-0.4, -0.2) is 24.0 Å². The second kappa shape index (κ2) is 4.77. The highest BCUT2D eigenvalue weighted by atomic mass is 16.6. The minimum absolute atomic E-state index is 0.0543. The molecule has 1 saturated heterocycles. The van der Waals surface area contributed by atoms with Gasteiger partial charge in [0.1, 0.15) is 11.4 Å². The van der Waals surface area contributed by atoms with Crippen LogP contribution in [0.15, 0.2) is 23.9 Å². The van der Waals surface area contributed by atoms with E-state index in [9.17, 15) is 19.7 Å². The minimum atomic E-state index is -0.665. The molecule has 2 N–H and O–H groups in total. The molecule has 0 aromatic heterocycles. The van der Waals surface area contributed by atoms with Crippen LogP contribution < -0.4 is 15.4 Å². The summed E-state index contributed by atoms with van der Waals surface area (Å²) < 4.78 is 4.96. The fourth-order valence-corrected chi connectivity index (χ4v) is 1.58. The number of nitro groups is 1. The number of amides is 3. The fraction of sp³-hybridized carbons (Fsp3) is 0.0909. The molecule has 1 aromatic rings. The Morgan fingerprint density at radius 1 is 1.32 bits per heavy atom. The van der Waals surface area contributed by atoms with Crippen LogP contribution >= 0.6 is 0 Å². The molecule has 1 fully saturated rings. The standard InChI is InChI=1S/C11H9N3O5/c1-19-7-2-3-9(14(17)18)6(4-7)5-8-10(15)13-11(16)12-8/h2-5H,1H3,(H2,12,13,15,16). The van der Waals surface area contributed by atoms with E-state index in [2.05, 4.69) is 5.32 Å². The van der Waals surface area contributed by atoms with Crippen LogP contribution in [-0.2, 0) is 4.79 Å². The molecule has 98 valence electrons. The van der Waals surface area contributed by atoms with Gasteiger partial charge in [0, 0.05) is 6.07 Å². The van der Waals surface area contributed by atoms with E-state index >= 15 is 0 Å². The highest BCUT2D eigenvalue weighted by Crippen LogP contribution is 2.26. The Morgan fingerprint density at radius 2 is 2.05 bits per heavy atom. The number of benzene rings is 1. The molecule has 19 heavy (non-hydrogen) atoms. The Labute approximate surface area is 107 Å². The maximum Gasteiger partial charge on any atom is 0.326 e. The molecule has 8 nitrogen and oxygen atoms in total. The van der Waals surface area contributed by atoms with Crippen LogP contribution in [0.2, 0.25) is 0 Å². The lowest BCUT2D eigenvalue weighted by molar-refractivity contribution is -0.385. The smallest absolute Gasteiger partial charge is 0.326 e. The normalized spacial score (nSPS) is 16.2. The number of rotatable bonds is 3. The molecule has 0 atom stereocenters. The number of methoxy groups -OCH3 is 1. The zero-order chi connectivity index (χ0) is 14.0. The molecule has 0 spiro atoms. The van der Waals surface area contributed by atoms with Crippen LogP contribution in [0.3, 0.4) is 0 Å². The highest BCUT2D eigenvalue weighted by Gasteiger charge is 2.24. The first-order valence-corrected chi connectivity index (χ1v) is 5.17. The highest BCUT2D eigenvalue weighted by molar-refractivity contribution is 6.14. The third kappa shape index (κ3) is 2.51. The predicted octanol–water partition coefficient (Wildman–Crippen LogP) is 0.784. The van der Waals surface area contributed by atoms with Crippen LogP contribution in [0.25, 0.3) is 6.08 Å². The monoisotopic (exact) mass is 263 g/mol. The van der Waals surface area contributed by atoms with E-state index in [-0.39, 0.29) is 16.9 Å². The maximum absolute atomic E-state index is 11.4. The second-order valence-electron chi connectivity index (χ2n) is 3.65. The Kier molecular flexibility index (Phi) is 3.15. The average Bonchev–Trinajstić information content (AvgIpc) is 2.67. The molecule has 3 amide bonds. The zero-order valence-electron chi connectivity index (χ0n) is 9.80. The number of imide groups is 1. The van der Waals surface area contributed by atoms with Gasteiger partial charge in [-0.25, -0.2) is 4.79 Å². The SMILES string of the molecule is COc1ccc([N+](=O)[O-])c(C=C2NC(=O)NC2=O)c1. The van der Waals surface area contributed by atoms with Gasteiger partial charge in [-0.2, -0.15) is 0 Å². The number of nitro benzene ring substituents is 1. The summed E-state index contributed by atoms with van der Waals surface area (Å²) in [5, 5.41) is 15.1. The quantitative estimate of drug-likeness (QED) is 0.362. The summed E-state index contributed by atoms with van der Waals surface area (Å²) in [6.45, 7) is 0. The molecule has 0 radical (unpaired) electrons. The van der Waals surface area contributed by atoms with Gasteiger partial charge in [-0.05, 0) is 18.2 Å². The van der Waals surface area contributed by atoms with Crippen molar-refractivity contribution in [3.8, 4) is 5.75 Å². The van der Waals surface area contributed by atoms with Gasteiger partial charge in [0.05, 0.1) is 17.6 Å². The molecular weight excluding hydrogens is 254 g/mol. The van der Waals surface area contributed by atoms with Crippen molar-refractivity contribution in [2.24, 2.45) is 0 Å². The Morgan fingerprint density at radius 3 is 2.58 bits per heavy atom. The van der Waals surface area contributed by atoms with Crippen LogP contribution in [0, 0.1) is 10.1 Å². The molecule has 1 aliphatic rings. The van der Waals surface area contributed by atoms with Gasteiger partial charge in [0.25, 0.3) is 11.6 Å². The second-order valence-corrected chi connectivity index (χ2v) is 3.65. The average molecular weight is 263 g/mol. The van der Waals surface area contributed by atoms with Crippen LogP contribution in [0.5, 0.6) is 5.75 Å². The molecule has 0 saturated carbocycles. The Balaban J connectivity index is 2.48. The van der Waals surface area contributed by atoms with Crippen molar-refractivity contribution in [1.29, 1.82) is 0 Å². The summed E-state index contributed by atoms with van der Waals surface area (Å²) in [6.07, 6.45) is 1.22. The lowest BCUT2D eigenvalue weighted by Gasteiger charge is -2.03. The summed E-state index contributed by atoms with van der Waals surface area (Å²) in [6, 6.07) is 3.44. The molecule has 8 heteroatoms. The minimum Gasteiger partial charge on any atom is -0.497 e. The van der Waals surface area contributed by atoms with Crippen molar-refractivity contribution in [1.82, 2.24) is 10.6 Å². The predicted molar refractivity (Wildman–Crippen MR) is 64.3 cm³/mol.